The quantitative estimate of drug-likeness (QED) is 0.487. The van der Waals surface area contributed by atoms with Crippen LogP contribution in [0.4, 0.5) is 0 Å². The number of hydrogen-bond donors (Lipinski definition) is 4. The second-order valence-corrected chi connectivity index (χ2v) is 4.16. The molecule has 2 rings (SSSR count). The average molecular weight is 256 g/mol. The van der Waals surface area contributed by atoms with Gasteiger partial charge in [0.2, 0.25) is 0 Å². The van der Waals surface area contributed by atoms with Gasteiger partial charge in [0, 0.05) is 0 Å². The molecule has 4 nitrogen and oxygen atoms in total. The smallest absolute Gasteiger partial charge is 0.488 e. The van der Waals surface area contributed by atoms with Crippen LogP contribution in [0.15, 0.2) is 42.5 Å². The van der Waals surface area contributed by atoms with Gasteiger partial charge in [-0.3, -0.25) is 0 Å². The third-order valence-corrected chi connectivity index (χ3v) is 2.62. The van der Waals surface area contributed by atoms with Crippen LogP contribution in [0.25, 0.3) is 12.2 Å². The molecule has 0 bridgehead atoms. The Morgan fingerprint density at radius 1 is 0.737 bits per heavy atom. The second-order valence-electron chi connectivity index (χ2n) is 4.16. The van der Waals surface area contributed by atoms with Gasteiger partial charge in [0.05, 0.1) is 0 Å². The van der Waals surface area contributed by atoms with Gasteiger partial charge in [-0.1, -0.05) is 30.4 Å². The Kier molecular flexibility index (Phi) is 3.89. The maximum absolute atomic E-state index is 9.49. The van der Waals surface area contributed by atoms with Crippen LogP contribution in [0, 0.1) is 0 Å². The minimum atomic E-state index is -1.62. The Morgan fingerprint density at radius 2 is 1.37 bits per heavy atom. The zero-order valence-electron chi connectivity index (χ0n) is 10.1. The maximum atomic E-state index is 9.49. The van der Waals surface area contributed by atoms with Gasteiger partial charge >= 0.3 is 7.12 Å². The SMILES string of the molecule is OB(O)c1cc(O)cc(/C=C/c2ccc(O)cc2)c1. The van der Waals surface area contributed by atoms with E-state index in [1.165, 1.54) is 12.1 Å². The number of phenolic OH excluding ortho intramolecular Hbond substituents is 2. The molecule has 2 aromatic carbocycles. The first kappa shape index (κ1) is 13.2. The van der Waals surface area contributed by atoms with E-state index < -0.39 is 7.12 Å². The van der Waals surface area contributed by atoms with Crippen molar-refractivity contribution in [2.45, 2.75) is 0 Å². The van der Waals surface area contributed by atoms with Gasteiger partial charge in [0.25, 0.3) is 0 Å². The molecule has 0 aromatic heterocycles. The minimum Gasteiger partial charge on any atom is -0.508 e. The molecule has 0 atom stereocenters. The van der Waals surface area contributed by atoms with Crippen molar-refractivity contribution < 1.29 is 20.3 Å². The Bertz CT molecular complexity index is 591. The average Bonchev–Trinajstić information content (AvgIpc) is 2.37. The predicted molar refractivity (Wildman–Crippen MR) is 75.0 cm³/mol. The monoisotopic (exact) mass is 256 g/mol. The summed E-state index contributed by atoms with van der Waals surface area (Å²) in [6.07, 6.45) is 3.53. The third-order valence-electron chi connectivity index (χ3n) is 2.62. The van der Waals surface area contributed by atoms with Crippen LogP contribution in [-0.2, 0) is 0 Å². The summed E-state index contributed by atoms with van der Waals surface area (Å²) in [5.41, 5.74) is 1.76. The zero-order chi connectivity index (χ0) is 13.8. The number of hydrogen-bond acceptors (Lipinski definition) is 4. The molecule has 0 unspecified atom stereocenters. The van der Waals surface area contributed by atoms with Crippen molar-refractivity contribution in [2.24, 2.45) is 0 Å². The zero-order valence-corrected chi connectivity index (χ0v) is 10.1. The van der Waals surface area contributed by atoms with E-state index in [1.54, 1.807) is 42.5 Å². The summed E-state index contributed by atoms with van der Waals surface area (Å²) in [5, 5.41) is 36.8. The fourth-order valence-corrected chi connectivity index (χ4v) is 1.68. The summed E-state index contributed by atoms with van der Waals surface area (Å²) in [6, 6.07) is 11.0. The fourth-order valence-electron chi connectivity index (χ4n) is 1.68. The standard InChI is InChI=1S/C14H13BO4/c16-13-5-3-10(4-6-13)1-2-11-7-12(15(18)19)9-14(17)8-11/h1-9,16-19H/b2-1+. The molecule has 0 radical (unpaired) electrons. The lowest BCUT2D eigenvalue weighted by molar-refractivity contribution is 0.424. The summed E-state index contributed by atoms with van der Waals surface area (Å²) in [5.74, 6) is 0.163. The molecule has 4 N–H and O–H groups in total. The van der Waals surface area contributed by atoms with E-state index in [4.69, 9.17) is 15.2 Å². The van der Waals surface area contributed by atoms with Gasteiger partial charge < -0.3 is 20.3 Å². The van der Waals surface area contributed by atoms with Gasteiger partial charge in [0.15, 0.2) is 0 Å². The molecular weight excluding hydrogens is 243 g/mol. The molecule has 0 heterocycles. The predicted octanol–water partition coefficient (Wildman–Crippen LogP) is 0.948. The molecule has 0 saturated carbocycles. The van der Waals surface area contributed by atoms with Crippen LogP contribution in [0.5, 0.6) is 11.5 Å². The molecule has 0 saturated heterocycles. The topological polar surface area (TPSA) is 80.9 Å². The highest BCUT2D eigenvalue weighted by molar-refractivity contribution is 6.58. The van der Waals surface area contributed by atoms with Crippen LogP contribution in [0.1, 0.15) is 11.1 Å². The molecule has 96 valence electrons. The summed E-state index contributed by atoms with van der Waals surface area (Å²) in [6.45, 7) is 0. The largest absolute Gasteiger partial charge is 0.508 e. The lowest BCUT2D eigenvalue weighted by atomic mass is 9.79. The first-order valence-electron chi connectivity index (χ1n) is 5.72. The van der Waals surface area contributed by atoms with Crippen LogP contribution < -0.4 is 5.46 Å². The van der Waals surface area contributed by atoms with E-state index >= 15 is 0 Å². The number of phenols is 2. The Labute approximate surface area is 111 Å². The van der Waals surface area contributed by atoms with E-state index in [2.05, 4.69) is 0 Å². The summed E-state index contributed by atoms with van der Waals surface area (Å²) >= 11 is 0. The molecule has 5 heteroatoms. The highest BCUT2D eigenvalue weighted by atomic mass is 16.4. The molecule has 0 aliphatic rings. The maximum Gasteiger partial charge on any atom is 0.488 e. The molecular formula is C14H13BO4. The van der Waals surface area contributed by atoms with Crippen LogP contribution in [0.2, 0.25) is 0 Å². The van der Waals surface area contributed by atoms with Crippen molar-refractivity contribution in [3.8, 4) is 11.5 Å². The first-order chi connectivity index (χ1) is 9.04. The van der Waals surface area contributed by atoms with Gasteiger partial charge in [-0.05, 0) is 40.9 Å². The molecule has 0 aliphatic heterocycles. The molecule has 0 amide bonds. The van der Waals surface area contributed by atoms with E-state index in [0.29, 0.717) is 5.56 Å². The van der Waals surface area contributed by atoms with Gasteiger partial charge in [-0.25, -0.2) is 0 Å². The van der Waals surface area contributed by atoms with Gasteiger partial charge in [-0.15, -0.1) is 0 Å². The molecule has 0 fully saturated rings. The number of aromatic hydroxyl groups is 2. The lowest BCUT2D eigenvalue weighted by Crippen LogP contribution is -2.29. The Hall–Kier alpha value is -2.24. The normalized spacial score (nSPS) is 10.8. The van der Waals surface area contributed by atoms with Crippen molar-refractivity contribution in [1.29, 1.82) is 0 Å². The van der Waals surface area contributed by atoms with Crippen molar-refractivity contribution in [3.05, 3.63) is 53.6 Å². The van der Waals surface area contributed by atoms with Gasteiger partial charge in [0.1, 0.15) is 11.5 Å². The third kappa shape index (κ3) is 3.61. The first-order valence-corrected chi connectivity index (χ1v) is 5.72. The van der Waals surface area contributed by atoms with Crippen molar-refractivity contribution in [2.75, 3.05) is 0 Å². The number of rotatable bonds is 3. The van der Waals surface area contributed by atoms with Crippen LogP contribution in [0.3, 0.4) is 0 Å². The van der Waals surface area contributed by atoms with Crippen molar-refractivity contribution in [1.82, 2.24) is 0 Å². The fraction of sp³-hybridized carbons (Fsp3) is 0. The Morgan fingerprint density at radius 3 is 2.00 bits per heavy atom. The van der Waals surface area contributed by atoms with Crippen molar-refractivity contribution >= 4 is 24.7 Å². The summed E-state index contributed by atoms with van der Waals surface area (Å²) in [4.78, 5) is 0. The van der Waals surface area contributed by atoms with E-state index in [9.17, 15) is 5.11 Å². The summed E-state index contributed by atoms with van der Waals surface area (Å²) in [7, 11) is -1.62. The molecule has 2 aromatic rings. The van der Waals surface area contributed by atoms with Gasteiger partial charge in [-0.2, -0.15) is 0 Å². The molecule has 0 spiro atoms. The molecule has 0 aliphatic carbocycles. The molecule has 19 heavy (non-hydrogen) atoms. The van der Waals surface area contributed by atoms with Crippen LogP contribution in [-0.4, -0.2) is 27.4 Å². The van der Waals surface area contributed by atoms with E-state index in [-0.39, 0.29) is 17.0 Å². The highest BCUT2D eigenvalue weighted by Gasteiger charge is 2.11. The van der Waals surface area contributed by atoms with E-state index in [1.807, 2.05) is 0 Å². The Balaban J connectivity index is 2.25. The second kappa shape index (κ2) is 5.60. The minimum absolute atomic E-state index is 0.0315. The highest BCUT2D eigenvalue weighted by Crippen LogP contribution is 2.15. The van der Waals surface area contributed by atoms with E-state index in [0.717, 1.165) is 5.56 Å². The summed E-state index contributed by atoms with van der Waals surface area (Å²) < 4.78 is 0. The van der Waals surface area contributed by atoms with Crippen molar-refractivity contribution in [3.63, 3.8) is 0 Å². The number of benzene rings is 2. The van der Waals surface area contributed by atoms with Crippen LogP contribution >= 0.6 is 0 Å². The lowest BCUT2D eigenvalue weighted by Gasteiger charge is -2.03.